The van der Waals surface area contributed by atoms with Crippen LogP contribution in [0.2, 0.25) is 0 Å². The number of imidazole rings is 1. The Kier molecular flexibility index (Phi) is 3.42. The number of aryl methyl sites for hydroxylation is 1. The summed E-state index contributed by atoms with van der Waals surface area (Å²) in [5.41, 5.74) is 1.53. The van der Waals surface area contributed by atoms with E-state index >= 15 is 0 Å². The van der Waals surface area contributed by atoms with Gasteiger partial charge in [0.05, 0.1) is 0 Å². The van der Waals surface area contributed by atoms with Gasteiger partial charge >= 0.3 is 6.09 Å². The van der Waals surface area contributed by atoms with Gasteiger partial charge in [-0.2, -0.15) is 0 Å². The summed E-state index contributed by atoms with van der Waals surface area (Å²) in [5, 5.41) is 0. The van der Waals surface area contributed by atoms with E-state index in [0.717, 1.165) is 5.56 Å². The summed E-state index contributed by atoms with van der Waals surface area (Å²) in [7, 11) is 0. The maximum atomic E-state index is 12.1. The molecule has 4 heteroatoms. The highest BCUT2D eigenvalue weighted by Gasteiger charge is 2.20. The molecule has 0 saturated carbocycles. The molecule has 0 spiro atoms. The Labute approximate surface area is 113 Å². The minimum Gasteiger partial charge on any atom is -0.443 e. The molecule has 2 aromatic rings. The fourth-order valence-electron chi connectivity index (χ4n) is 1.68. The number of rotatable bonds is 1. The van der Waals surface area contributed by atoms with Crippen molar-refractivity contribution >= 4 is 6.09 Å². The fraction of sp³-hybridized carbons (Fsp3) is 0.333. The summed E-state index contributed by atoms with van der Waals surface area (Å²) in [4.78, 5) is 16.3. The first-order valence-corrected chi connectivity index (χ1v) is 6.20. The molecule has 19 heavy (non-hydrogen) atoms. The Balaban J connectivity index is 2.32. The number of aromatic nitrogens is 2. The lowest BCUT2D eigenvalue weighted by Crippen LogP contribution is -2.27. The van der Waals surface area contributed by atoms with E-state index in [1.807, 2.05) is 52.0 Å². The molecule has 2 rings (SSSR count). The minimum absolute atomic E-state index is 0.416. The highest BCUT2D eigenvalue weighted by atomic mass is 16.6. The van der Waals surface area contributed by atoms with Crippen LogP contribution in [0.4, 0.5) is 4.79 Å². The van der Waals surface area contributed by atoms with Crippen LogP contribution in [0.25, 0.3) is 11.4 Å². The number of carbonyl (C=O) groups is 1. The molecule has 4 nitrogen and oxygen atoms in total. The molecule has 0 atom stereocenters. The summed E-state index contributed by atoms with van der Waals surface area (Å²) < 4.78 is 6.78. The first kappa shape index (κ1) is 13.3. The molecule has 0 fully saturated rings. The second-order valence-electron chi connectivity index (χ2n) is 5.47. The van der Waals surface area contributed by atoms with Gasteiger partial charge in [-0.1, -0.05) is 29.8 Å². The molecule has 1 aromatic carbocycles. The number of ether oxygens (including phenoxy) is 1. The zero-order chi connectivity index (χ0) is 14.0. The van der Waals surface area contributed by atoms with Crippen molar-refractivity contribution in [1.82, 2.24) is 9.55 Å². The predicted molar refractivity (Wildman–Crippen MR) is 74.0 cm³/mol. The number of carbonyl (C=O) groups excluding carboxylic acids is 1. The molecule has 100 valence electrons. The fourth-order valence-corrected chi connectivity index (χ4v) is 1.68. The normalized spacial score (nSPS) is 11.4. The standard InChI is InChI=1S/C15H18N2O2/c1-11-5-7-12(8-6-11)13-16-9-10-17(13)14(18)19-15(2,3)4/h5-10H,1-4H3. The lowest BCUT2D eigenvalue weighted by Gasteiger charge is -2.20. The minimum atomic E-state index is -0.522. The first-order chi connectivity index (χ1) is 8.87. The second-order valence-corrected chi connectivity index (χ2v) is 5.47. The van der Waals surface area contributed by atoms with Gasteiger partial charge in [-0.05, 0) is 27.7 Å². The van der Waals surface area contributed by atoms with E-state index in [1.54, 1.807) is 12.4 Å². The van der Waals surface area contributed by atoms with Gasteiger partial charge in [-0.3, -0.25) is 0 Å². The molecular formula is C15H18N2O2. The van der Waals surface area contributed by atoms with Crippen LogP contribution < -0.4 is 0 Å². The maximum Gasteiger partial charge on any atom is 0.420 e. The molecule has 1 aromatic heterocycles. The van der Waals surface area contributed by atoms with Gasteiger partial charge in [0.2, 0.25) is 0 Å². The van der Waals surface area contributed by atoms with E-state index in [2.05, 4.69) is 4.98 Å². The van der Waals surface area contributed by atoms with Crippen molar-refractivity contribution in [1.29, 1.82) is 0 Å². The number of hydrogen-bond acceptors (Lipinski definition) is 3. The Morgan fingerprint density at radius 2 is 1.84 bits per heavy atom. The van der Waals surface area contributed by atoms with Crippen LogP contribution in [-0.4, -0.2) is 21.2 Å². The van der Waals surface area contributed by atoms with Crippen molar-refractivity contribution in [2.75, 3.05) is 0 Å². The van der Waals surface area contributed by atoms with E-state index in [4.69, 9.17) is 4.74 Å². The molecule has 0 radical (unpaired) electrons. The molecule has 0 bridgehead atoms. The highest BCUT2D eigenvalue weighted by Crippen LogP contribution is 2.19. The van der Waals surface area contributed by atoms with Crippen molar-refractivity contribution in [2.45, 2.75) is 33.3 Å². The molecule has 0 aliphatic heterocycles. The Hall–Kier alpha value is -2.10. The van der Waals surface area contributed by atoms with Crippen LogP contribution in [-0.2, 0) is 4.74 Å². The average Bonchev–Trinajstić information content (AvgIpc) is 2.76. The topological polar surface area (TPSA) is 44.1 Å². The van der Waals surface area contributed by atoms with E-state index in [9.17, 15) is 4.79 Å². The van der Waals surface area contributed by atoms with Crippen molar-refractivity contribution in [3.05, 3.63) is 42.2 Å². The molecule has 1 heterocycles. The zero-order valence-corrected chi connectivity index (χ0v) is 11.7. The van der Waals surface area contributed by atoms with Crippen molar-refractivity contribution in [3.8, 4) is 11.4 Å². The molecule has 0 N–H and O–H groups in total. The summed E-state index contributed by atoms with van der Waals surface area (Å²) >= 11 is 0. The van der Waals surface area contributed by atoms with Gasteiger partial charge in [0.15, 0.2) is 0 Å². The van der Waals surface area contributed by atoms with Gasteiger partial charge in [0.25, 0.3) is 0 Å². The van der Waals surface area contributed by atoms with Gasteiger partial charge in [0.1, 0.15) is 11.4 Å². The molecule has 0 aliphatic carbocycles. The average molecular weight is 258 g/mol. The smallest absolute Gasteiger partial charge is 0.420 e. The summed E-state index contributed by atoms with van der Waals surface area (Å²) in [6.07, 6.45) is 2.79. The monoisotopic (exact) mass is 258 g/mol. The lowest BCUT2D eigenvalue weighted by molar-refractivity contribution is 0.0539. The number of hydrogen-bond donors (Lipinski definition) is 0. The molecular weight excluding hydrogens is 240 g/mol. The van der Waals surface area contributed by atoms with Gasteiger partial charge in [-0.15, -0.1) is 0 Å². The van der Waals surface area contributed by atoms with Crippen LogP contribution in [0.15, 0.2) is 36.7 Å². The van der Waals surface area contributed by atoms with Gasteiger partial charge in [0, 0.05) is 18.0 Å². The molecule has 0 aliphatic rings. The number of benzene rings is 1. The van der Waals surface area contributed by atoms with Crippen molar-refractivity contribution in [2.24, 2.45) is 0 Å². The molecule has 0 amide bonds. The first-order valence-electron chi connectivity index (χ1n) is 6.20. The van der Waals surface area contributed by atoms with Crippen LogP contribution >= 0.6 is 0 Å². The summed E-state index contributed by atoms with van der Waals surface area (Å²) in [6, 6.07) is 7.87. The van der Waals surface area contributed by atoms with Gasteiger partial charge in [-0.25, -0.2) is 14.3 Å². The Bertz CT molecular complexity index is 577. The highest BCUT2D eigenvalue weighted by molar-refractivity contribution is 5.77. The third-order valence-electron chi connectivity index (χ3n) is 2.54. The van der Waals surface area contributed by atoms with Crippen molar-refractivity contribution in [3.63, 3.8) is 0 Å². The zero-order valence-electron chi connectivity index (χ0n) is 11.7. The van der Waals surface area contributed by atoms with Crippen LogP contribution in [0.5, 0.6) is 0 Å². The van der Waals surface area contributed by atoms with E-state index in [-0.39, 0.29) is 0 Å². The second kappa shape index (κ2) is 4.88. The maximum absolute atomic E-state index is 12.1. The van der Waals surface area contributed by atoms with Crippen LogP contribution in [0.1, 0.15) is 26.3 Å². The van der Waals surface area contributed by atoms with E-state index in [0.29, 0.717) is 5.82 Å². The van der Waals surface area contributed by atoms with Crippen LogP contribution in [0, 0.1) is 6.92 Å². The third kappa shape index (κ3) is 3.22. The van der Waals surface area contributed by atoms with Crippen LogP contribution in [0.3, 0.4) is 0 Å². The summed E-state index contributed by atoms with van der Waals surface area (Å²) in [5.74, 6) is 0.592. The lowest BCUT2D eigenvalue weighted by atomic mass is 10.1. The Morgan fingerprint density at radius 3 is 2.42 bits per heavy atom. The molecule has 0 saturated heterocycles. The number of nitrogens with zero attached hydrogens (tertiary/aromatic N) is 2. The van der Waals surface area contributed by atoms with Crippen molar-refractivity contribution < 1.29 is 9.53 Å². The molecule has 0 unspecified atom stereocenters. The van der Waals surface area contributed by atoms with E-state index < -0.39 is 11.7 Å². The predicted octanol–water partition coefficient (Wildman–Crippen LogP) is 3.64. The quantitative estimate of drug-likeness (QED) is 0.784. The Morgan fingerprint density at radius 1 is 1.21 bits per heavy atom. The summed E-state index contributed by atoms with van der Waals surface area (Å²) in [6.45, 7) is 7.54. The SMILES string of the molecule is Cc1ccc(-c2nccn2C(=O)OC(C)(C)C)cc1. The largest absolute Gasteiger partial charge is 0.443 e. The van der Waals surface area contributed by atoms with Gasteiger partial charge < -0.3 is 4.74 Å². The third-order valence-corrected chi connectivity index (χ3v) is 2.54. The van der Waals surface area contributed by atoms with E-state index in [1.165, 1.54) is 10.1 Å².